The second-order valence-corrected chi connectivity index (χ2v) is 2.70. The molecule has 0 saturated carbocycles. The summed E-state index contributed by atoms with van der Waals surface area (Å²) in [6.07, 6.45) is 10.2. The van der Waals surface area contributed by atoms with Gasteiger partial charge in [-0.3, -0.25) is 0 Å². The fraction of sp³-hybridized carbons (Fsp3) is 0.167. The number of allylic oxidation sites excluding steroid dienone is 6. The topological polar surface area (TPSA) is 0 Å². The van der Waals surface area contributed by atoms with Gasteiger partial charge in [0.05, 0.1) is 0 Å². The monoisotopic (exact) mass is 171 g/mol. The Morgan fingerprint density at radius 1 is 1.23 bits per heavy atom. The van der Waals surface area contributed by atoms with Gasteiger partial charge in [0.2, 0.25) is 0 Å². The highest BCUT2D eigenvalue weighted by atomic mass is 13.9. The Morgan fingerprint density at radius 2 is 1.92 bits per heavy atom. The van der Waals surface area contributed by atoms with E-state index < -0.39 is 0 Å². The molecule has 0 nitrogen and oxygen atoms in total. The first-order valence-corrected chi connectivity index (χ1v) is 4.32. The standard InChI is InChI=1S/C12H16B/c1-5-9-11(7-3)13-12(8-4)10-6-2/h5-9,12H,1-4,10H2/b11-9+. The van der Waals surface area contributed by atoms with Crippen molar-refractivity contribution in [3.63, 3.8) is 0 Å². The van der Waals surface area contributed by atoms with Crippen molar-refractivity contribution < 1.29 is 0 Å². The van der Waals surface area contributed by atoms with Gasteiger partial charge in [0.15, 0.2) is 7.28 Å². The summed E-state index contributed by atoms with van der Waals surface area (Å²) in [6, 6.07) is 0. The lowest BCUT2D eigenvalue weighted by atomic mass is 9.57. The fourth-order valence-corrected chi connectivity index (χ4v) is 1.000. The van der Waals surface area contributed by atoms with Crippen LogP contribution in [0.5, 0.6) is 0 Å². The summed E-state index contributed by atoms with van der Waals surface area (Å²) in [5, 5.41) is 0. The van der Waals surface area contributed by atoms with Gasteiger partial charge in [0, 0.05) is 0 Å². The molecule has 1 heteroatoms. The zero-order valence-electron chi connectivity index (χ0n) is 8.08. The molecule has 1 atom stereocenters. The molecular weight excluding hydrogens is 155 g/mol. The summed E-state index contributed by atoms with van der Waals surface area (Å²) in [6.45, 7) is 14.8. The molecule has 13 heavy (non-hydrogen) atoms. The normalized spacial score (nSPS) is 12.8. The van der Waals surface area contributed by atoms with Crippen LogP contribution in [0.4, 0.5) is 0 Å². The highest BCUT2D eigenvalue weighted by molar-refractivity contribution is 6.49. The molecule has 0 aromatic carbocycles. The van der Waals surface area contributed by atoms with Gasteiger partial charge in [-0.15, -0.1) is 13.2 Å². The maximum atomic E-state index is 3.76. The summed E-state index contributed by atoms with van der Waals surface area (Å²) in [4.78, 5) is 0. The van der Waals surface area contributed by atoms with Crippen molar-refractivity contribution in [3.8, 4) is 0 Å². The van der Waals surface area contributed by atoms with Gasteiger partial charge in [0.25, 0.3) is 0 Å². The molecule has 0 spiro atoms. The molecule has 0 amide bonds. The number of hydrogen-bond acceptors (Lipinski definition) is 0. The van der Waals surface area contributed by atoms with Gasteiger partial charge in [-0.1, -0.05) is 49.0 Å². The van der Waals surface area contributed by atoms with Gasteiger partial charge < -0.3 is 0 Å². The molecule has 0 rings (SSSR count). The van der Waals surface area contributed by atoms with E-state index in [1.54, 1.807) is 12.2 Å². The summed E-state index contributed by atoms with van der Waals surface area (Å²) >= 11 is 0. The van der Waals surface area contributed by atoms with Crippen LogP contribution in [0.15, 0.2) is 62.2 Å². The molecule has 0 aromatic heterocycles. The first kappa shape index (κ1) is 11.8. The van der Waals surface area contributed by atoms with E-state index in [0.29, 0.717) is 5.82 Å². The lowest BCUT2D eigenvalue weighted by molar-refractivity contribution is 1.04. The molecule has 0 aliphatic carbocycles. The molecule has 0 aromatic rings. The first-order chi connectivity index (χ1) is 6.28. The van der Waals surface area contributed by atoms with Crippen LogP contribution in [0.25, 0.3) is 0 Å². The van der Waals surface area contributed by atoms with Crippen LogP contribution < -0.4 is 0 Å². The van der Waals surface area contributed by atoms with Gasteiger partial charge in [0.1, 0.15) is 0 Å². The predicted molar refractivity (Wildman–Crippen MR) is 63.0 cm³/mol. The molecule has 0 bridgehead atoms. The zero-order chi connectivity index (χ0) is 10.1. The third kappa shape index (κ3) is 5.08. The highest BCUT2D eigenvalue weighted by Crippen LogP contribution is 2.14. The van der Waals surface area contributed by atoms with Crippen molar-refractivity contribution in [3.05, 3.63) is 62.2 Å². The quantitative estimate of drug-likeness (QED) is 0.312. The number of rotatable bonds is 7. The third-order valence-electron chi connectivity index (χ3n) is 1.69. The Morgan fingerprint density at radius 3 is 2.31 bits per heavy atom. The Balaban J connectivity index is 4.25. The van der Waals surface area contributed by atoms with Gasteiger partial charge in [-0.05, 0) is 12.2 Å². The van der Waals surface area contributed by atoms with E-state index in [9.17, 15) is 0 Å². The molecule has 1 radical (unpaired) electrons. The second-order valence-electron chi connectivity index (χ2n) is 2.70. The minimum Gasteiger partial charge on any atom is -0.104 e. The van der Waals surface area contributed by atoms with E-state index in [0.717, 1.165) is 11.9 Å². The van der Waals surface area contributed by atoms with Crippen LogP contribution in [-0.4, -0.2) is 7.28 Å². The lowest BCUT2D eigenvalue weighted by Gasteiger charge is -2.07. The molecule has 67 valence electrons. The molecular formula is C12H16B. The van der Waals surface area contributed by atoms with Crippen LogP contribution in [0.2, 0.25) is 5.82 Å². The lowest BCUT2D eigenvalue weighted by Crippen LogP contribution is -2.02. The number of hydrogen-bond donors (Lipinski definition) is 0. The van der Waals surface area contributed by atoms with Gasteiger partial charge in [-0.25, -0.2) is 0 Å². The van der Waals surface area contributed by atoms with Gasteiger partial charge >= 0.3 is 0 Å². The van der Waals surface area contributed by atoms with E-state index in [1.165, 1.54) is 0 Å². The molecule has 0 N–H and O–H groups in total. The molecule has 0 heterocycles. The SMILES string of the molecule is C=C/C=C(/[B]C(C=C)CC=C)C=C. The summed E-state index contributed by atoms with van der Waals surface area (Å²) in [5.41, 5.74) is 1.07. The van der Waals surface area contributed by atoms with Crippen molar-refractivity contribution in [2.24, 2.45) is 0 Å². The minimum atomic E-state index is 0.335. The van der Waals surface area contributed by atoms with E-state index in [2.05, 4.69) is 33.6 Å². The second kappa shape index (κ2) is 7.42. The molecule has 0 aliphatic heterocycles. The Labute approximate surface area is 82.3 Å². The maximum absolute atomic E-state index is 3.76. The highest BCUT2D eigenvalue weighted by Gasteiger charge is 2.05. The van der Waals surface area contributed by atoms with Crippen LogP contribution in [0.1, 0.15) is 6.42 Å². The van der Waals surface area contributed by atoms with Crippen molar-refractivity contribution in [1.29, 1.82) is 0 Å². The average molecular weight is 171 g/mol. The van der Waals surface area contributed by atoms with E-state index in [4.69, 9.17) is 0 Å². The van der Waals surface area contributed by atoms with E-state index in [-0.39, 0.29) is 0 Å². The van der Waals surface area contributed by atoms with Crippen LogP contribution in [0, 0.1) is 0 Å². The van der Waals surface area contributed by atoms with Crippen molar-refractivity contribution >= 4 is 7.28 Å². The van der Waals surface area contributed by atoms with E-state index in [1.807, 2.05) is 18.2 Å². The predicted octanol–water partition coefficient (Wildman–Crippen LogP) is 3.50. The molecule has 0 saturated heterocycles. The van der Waals surface area contributed by atoms with Crippen LogP contribution >= 0.6 is 0 Å². The summed E-state index contributed by atoms with van der Waals surface area (Å²) in [7, 11) is 2.10. The molecule has 0 aliphatic rings. The Kier molecular flexibility index (Phi) is 6.71. The average Bonchev–Trinajstić information content (AvgIpc) is 2.16. The Bertz CT molecular complexity index is 223. The summed E-state index contributed by atoms with van der Waals surface area (Å²) in [5.74, 6) is 0.335. The minimum absolute atomic E-state index is 0.335. The Hall–Kier alpha value is -1.24. The van der Waals surface area contributed by atoms with Crippen LogP contribution in [-0.2, 0) is 0 Å². The fourth-order valence-electron chi connectivity index (χ4n) is 1.000. The smallest absolute Gasteiger partial charge is 0.104 e. The van der Waals surface area contributed by atoms with Crippen molar-refractivity contribution in [2.45, 2.75) is 12.2 Å². The third-order valence-corrected chi connectivity index (χ3v) is 1.69. The van der Waals surface area contributed by atoms with Crippen molar-refractivity contribution in [2.75, 3.05) is 0 Å². The largest absolute Gasteiger partial charge is 0.160 e. The molecule has 1 unspecified atom stereocenters. The zero-order valence-corrected chi connectivity index (χ0v) is 8.08. The first-order valence-electron chi connectivity index (χ1n) is 4.32. The van der Waals surface area contributed by atoms with Gasteiger partial charge in [-0.2, -0.15) is 0 Å². The van der Waals surface area contributed by atoms with Crippen LogP contribution in [0.3, 0.4) is 0 Å². The molecule has 0 fully saturated rings. The summed E-state index contributed by atoms with van der Waals surface area (Å²) < 4.78 is 0. The van der Waals surface area contributed by atoms with Crippen molar-refractivity contribution in [1.82, 2.24) is 0 Å². The maximum Gasteiger partial charge on any atom is 0.160 e. The van der Waals surface area contributed by atoms with E-state index >= 15 is 0 Å².